The van der Waals surface area contributed by atoms with E-state index in [4.69, 9.17) is 5.11 Å². The zero-order valence-corrected chi connectivity index (χ0v) is 16.3. The van der Waals surface area contributed by atoms with Crippen LogP contribution in [0.1, 0.15) is 20.8 Å². The molecule has 0 unspecified atom stereocenters. The second kappa shape index (κ2) is 6.79. The summed E-state index contributed by atoms with van der Waals surface area (Å²) in [6.07, 6.45) is 0.292. The van der Waals surface area contributed by atoms with E-state index in [1.54, 1.807) is 33.0 Å². The van der Waals surface area contributed by atoms with Gasteiger partial charge in [-0.25, -0.2) is 22.9 Å². The molecule has 130 valence electrons. The van der Waals surface area contributed by atoms with Gasteiger partial charge in [0.15, 0.2) is 3.92 Å². The highest BCUT2D eigenvalue weighted by molar-refractivity contribution is 9.11. The Bertz CT molecular complexity index is 872. The van der Waals surface area contributed by atoms with Crippen LogP contribution in [0.2, 0.25) is 0 Å². The van der Waals surface area contributed by atoms with Gasteiger partial charge in [0.25, 0.3) is 0 Å². The van der Waals surface area contributed by atoms with Crippen LogP contribution in [0.3, 0.4) is 0 Å². The SMILES string of the molecule is CC(C)(C)NS(=O)(=O)c1cc(NC(=O)O)ccc1-c1cnc(Br)s1. The zero-order chi connectivity index (χ0) is 18.1. The lowest BCUT2D eigenvalue weighted by Gasteiger charge is -2.21. The Labute approximate surface area is 152 Å². The van der Waals surface area contributed by atoms with E-state index in [1.165, 1.54) is 23.5 Å². The molecule has 0 saturated carbocycles. The number of rotatable bonds is 4. The number of nitrogens with zero attached hydrogens (tertiary/aromatic N) is 1. The Morgan fingerprint density at radius 3 is 2.50 bits per heavy atom. The summed E-state index contributed by atoms with van der Waals surface area (Å²) in [5, 5.41) is 11.0. The highest BCUT2D eigenvalue weighted by Crippen LogP contribution is 2.35. The smallest absolute Gasteiger partial charge is 0.409 e. The number of carbonyl (C=O) groups is 1. The fourth-order valence-electron chi connectivity index (χ4n) is 1.98. The molecule has 1 aromatic carbocycles. The fraction of sp³-hybridized carbons (Fsp3) is 0.286. The van der Waals surface area contributed by atoms with Crippen LogP contribution in [0.15, 0.2) is 33.2 Å². The molecular formula is C14H16BrN3O4S2. The van der Waals surface area contributed by atoms with Gasteiger partial charge in [-0.15, -0.1) is 11.3 Å². The molecule has 24 heavy (non-hydrogen) atoms. The van der Waals surface area contributed by atoms with E-state index >= 15 is 0 Å². The van der Waals surface area contributed by atoms with Gasteiger partial charge in [-0.3, -0.25) is 5.32 Å². The third-order valence-corrected chi connectivity index (χ3v) is 6.01. The van der Waals surface area contributed by atoms with Gasteiger partial charge in [-0.05, 0) is 48.8 Å². The number of aromatic nitrogens is 1. The van der Waals surface area contributed by atoms with Crippen molar-refractivity contribution in [2.45, 2.75) is 31.2 Å². The Balaban J connectivity index is 2.61. The quantitative estimate of drug-likeness (QED) is 0.680. The fourth-order valence-corrected chi connectivity index (χ4v) is 5.02. The number of amides is 1. The Kier molecular flexibility index (Phi) is 5.33. The topological polar surface area (TPSA) is 108 Å². The third kappa shape index (κ3) is 4.76. The summed E-state index contributed by atoms with van der Waals surface area (Å²) in [4.78, 5) is 15.5. The van der Waals surface area contributed by atoms with E-state index in [9.17, 15) is 13.2 Å². The maximum absolute atomic E-state index is 12.8. The lowest BCUT2D eigenvalue weighted by molar-refractivity contribution is 0.209. The first-order chi connectivity index (χ1) is 11.0. The van der Waals surface area contributed by atoms with Crippen LogP contribution < -0.4 is 10.0 Å². The van der Waals surface area contributed by atoms with Crippen LogP contribution in [-0.4, -0.2) is 30.1 Å². The Hall–Kier alpha value is -1.49. The van der Waals surface area contributed by atoms with Gasteiger partial charge in [-0.1, -0.05) is 6.07 Å². The normalized spacial score (nSPS) is 12.2. The molecule has 3 N–H and O–H groups in total. The molecule has 2 aromatic rings. The summed E-state index contributed by atoms with van der Waals surface area (Å²) < 4.78 is 28.7. The Morgan fingerprint density at radius 1 is 1.33 bits per heavy atom. The number of hydrogen-bond acceptors (Lipinski definition) is 5. The van der Waals surface area contributed by atoms with E-state index in [1.807, 2.05) is 0 Å². The van der Waals surface area contributed by atoms with Crippen LogP contribution in [0.4, 0.5) is 10.5 Å². The molecule has 2 rings (SSSR count). The highest BCUT2D eigenvalue weighted by atomic mass is 79.9. The molecule has 7 nitrogen and oxygen atoms in total. The molecule has 0 radical (unpaired) electrons. The number of anilines is 1. The monoisotopic (exact) mass is 433 g/mol. The van der Waals surface area contributed by atoms with Gasteiger partial charge in [0.1, 0.15) is 0 Å². The molecule has 0 atom stereocenters. The molecule has 0 bridgehead atoms. The van der Waals surface area contributed by atoms with E-state index in [0.717, 1.165) is 0 Å². The lowest BCUT2D eigenvalue weighted by Crippen LogP contribution is -2.40. The molecule has 0 fully saturated rings. The highest BCUT2D eigenvalue weighted by Gasteiger charge is 2.26. The lowest BCUT2D eigenvalue weighted by atomic mass is 10.1. The van der Waals surface area contributed by atoms with Gasteiger partial charge >= 0.3 is 6.09 Å². The number of sulfonamides is 1. The van der Waals surface area contributed by atoms with Gasteiger partial charge < -0.3 is 5.11 Å². The molecule has 0 saturated heterocycles. The summed E-state index contributed by atoms with van der Waals surface area (Å²) >= 11 is 4.54. The largest absolute Gasteiger partial charge is 0.465 e. The predicted octanol–water partition coefficient (Wildman–Crippen LogP) is 3.74. The minimum absolute atomic E-state index is 0.0141. The number of thiazole rings is 1. The van der Waals surface area contributed by atoms with Gasteiger partial charge in [0.2, 0.25) is 10.0 Å². The second-order valence-electron chi connectivity index (χ2n) is 5.97. The van der Waals surface area contributed by atoms with E-state index < -0.39 is 21.7 Å². The number of carboxylic acid groups (broad SMARTS) is 1. The van der Waals surface area contributed by atoms with Gasteiger partial charge in [-0.2, -0.15) is 0 Å². The first-order valence-corrected chi connectivity index (χ1v) is 9.87. The maximum Gasteiger partial charge on any atom is 0.409 e. The van der Waals surface area contributed by atoms with Crippen molar-refractivity contribution in [2.75, 3.05) is 5.32 Å². The average Bonchev–Trinajstić information content (AvgIpc) is 2.82. The maximum atomic E-state index is 12.8. The van der Waals surface area contributed by atoms with Crippen LogP contribution in [-0.2, 0) is 10.0 Å². The van der Waals surface area contributed by atoms with Crippen molar-refractivity contribution in [1.82, 2.24) is 9.71 Å². The molecule has 10 heteroatoms. The summed E-state index contributed by atoms with van der Waals surface area (Å²) in [6, 6.07) is 4.36. The van der Waals surface area contributed by atoms with Gasteiger partial charge in [0, 0.05) is 23.0 Å². The second-order valence-corrected chi connectivity index (χ2v) is 9.93. The number of halogens is 1. The van der Waals surface area contributed by atoms with Crippen molar-refractivity contribution >= 4 is 49.1 Å². The van der Waals surface area contributed by atoms with Crippen LogP contribution in [0.25, 0.3) is 10.4 Å². The van der Waals surface area contributed by atoms with E-state index in [0.29, 0.717) is 14.4 Å². The predicted molar refractivity (Wildman–Crippen MR) is 97.0 cm³/mol. The first-order valence-electron chi connectivity index (χ1n) is 6.78. The van der Waals surface area contributed by atoms with Crippen molar-refractivity contribution in [2.24, 2.45) is 0 Å². The summed E-state index contributed by atoms with van der Waals surface area (Å²) in [7, 11) is -3.87. The molecule has 1 amide bonds. The minimum atomic E-state index is -3.87. The Morgan fingerprint density at radius 2 is 2.00 bits per heavy atom. The van der Waals surface area contributed by atoms with Crippen molar-refractivity contribution < 1.29 is 18.3 Å². The summed E-state index contributed by atoms with van der Waals surface area (Å²) in [5.74, 6) is 0. The van der Waals surface area contributed by atoms with Crippen LogP contribution in [0, 0.1) is 0 Å². The van der Waals surface area contributed by atoms with E-state index in [2.05, 4.69) is 31.0 Å². The van der Waals surface area contributed by atoms with Crippen LogP contribution >= 0.6 is 27.3 Å². The molecular weight excluding hydrogens is 418 g/mol. The minimum Gasteiger partial charge on any atom is -0.465 e. The van der Waals surface area contributed by atoms with Crippen LogP contribution in [0.5, 0.6) is 0 Å². The average molecular weight is 434 g/mol. The van der Waals surface area contributed by atoms with Crippen molar-refractivity contribution in [1.29, 1.82) is 0 Å². The molecule has 1 aromatic heterocycles. The summed E-state index contributed by atoms with van der Waals surface area (Å²) in [6.45, 7) is 5.19. The number of benzene rings is 1. The molecule has 0 aliphatic carbocycles. The zero-order valence-electron chi connectivity index (χ0n) is 13.1. The third-order valence-electron chi connectivity index (χ3n) is 2.71. The standard InChI is InChI=1S/C14H16BrN3O4S2/c1-14(2,3)18-24(21,22)11-6-8(17-13(19)20)4-5-9(11)10-7-16-12(15)23-10/h4-7,17-18H,1-3H3,(H,19,20). The number of nitrogens with one attached hydrogen (secondary N) is 2. The van der Waals surface area contributed by atoms with Crippen molar-refractivity contribution in [3.05, 3.63) is 28.3 Å². The number of hydrogen-bond donors (Lipinski definition) is 3. The molecule has 0 aliphatic rings. The van der Waals surface area contributed by atoms with Crippen molar-refractivity contribution in [3.8, 4) is 10.4 Å². The first kappa shape index (κ1) is 18.8. The molecule has 0 spiro atoms. The van der Waals surface area contributed by atoms with Gasteiger partial charge in [0.05, 0.1) is 9.77 Å². The molecule has 1 heterocycles. The molecule has 0 aliphatic heterocycles. The van der Waals surface area contributed by atoms with E-state index in [-0.39, 0.29) is 10.6 Å². The summed E-state index contributed by atoms with van der Waals surface area (Å²) in [5.41, 5.74) is -0.0596. The van der Waals surface area contributed by atoms with Crippen molar-refractivity contribution in [3.63, 3.8) is 0 Å².